The lowest BCUT2D eigenvalue weighted by Gasteiger charge is -2.34. The van der Waals surface area contributed by atoms with E-state index in [9.17, 15) is 4.79 Å². The van der Waals surface area contributed by atoms with Crippen LogP contribution in [-0.4, -0.2) is 11.7 Å². The summed E-state index contributed by atoms with van der Waals surface area (Å²) < 4.78 is 0. The van der Waals surface area contributed by atoms with E-state index in [4.69, 9.17) is 5.73 Å². The summed E-state index contributed by atoms with van der Waals surface area (Å²) in [5, 5.41) is 4.23. The fourth-order valence-corrected chi connectivity index (χ4v) is 4.20. The van der Waals surface area contributed by atoms with Crippen molar-refractivity contribution in [2.24, 2.45) is 33.5 Å². The van der Waals surface area contributed by atoms with Gasteiger partial charge in [-0.25, -0.2) is 10.2 Å². The highest BCUT2D eigenvalue weighted by molar-refractivity contribution is 5.88. The van der Waals surface area contributed by atoms with E-state index in [1.54, 1.807) is 0 Å². The third-order valence-electron chi connectivity index (χ3n) is 5.75. The molecule has 0 spiro atoms. The van der Waals surface area contributed by atoms with Gasteiger partial charge in [0, 0.05) is 11.6 Å². The Bertz CT molecular complexity index is 386. The minimum absolute atomic E-state index is 0.375. The number of carbonyl (C=O) groups is 1. The topological polar surface area (TPSA) is 67.5 Å². The lowest BCUT2D eigenvalue weighted by Crippen LogP contribution is -2.30. The quantitative estimate of drug-likeness (QED) is 0.588. The van der Waals surface area contributed by atoms with Crippen LogP contribution in [0.5, 0.6) is 0 Å². The van der Waals surface area contributed by atoms with E-state index < -0.39 is 6.03 Å². The fourth-order valence-electron chi connectivity index (χ4n) is 4.20. The number of hydrogen-bond acceptors (Lipinski definition) is 2. The number of primary amides is 1. The van der Waals surface area contributed by atoms with Gasteiger partial charge in [-0.15, -0.1) is 0 Å². The third kappa shape index (κ3) is 1.82. The van der Waals surface area contributed by atoms with E-state index >= 15 is 0 Å². The van der Waals surface area contributed by atoms with Gasteiger partial charge >= 0.3 is 6.03 Å². The zero-order valence-corrected chi connectivity index (χ0v) is 11.9. The highest BCUT2D eigenvalue weighted by Crippen LogP contribution is 2.67. The van der Waals surface area contributed by atoms with Crippen molar-refractivity contribution in [1.82, 2.24) is 5.43 Å². The van der Waals surface area contributed by atoms with Gasteiger partial charge in [-0.2, -0.15) is 5.10 Å². The molecule has 102 valence electrons. The van der Waals surface area contributed by atoms with E-state index in [0.717, 1.165) is 12.1 Å². The molecule has 3 N–H and O–H groups in total. The molecule has 0 aromatic carbocycles. The number of hydrogen-bond donors (Lipinski definition) is 2. The first-order chi connectivity index (χ1) is 8.32. The largest absolute Gasteiger partial charge is 0.350 e. The normalized spacial score (nSPS) is 37.9. The number of amides is 2. The molecule has 4 heteroatoms. The van der Waals surface area contributed by atoms with E-state index in [0.29, 0.717) is 22.7 Å². The number of nitrogens with two attached hydrogens (primary N) is 1. The molecule has 2 bridgehead atoms. The summed E-state index contributed by atoms with van der Waals surface area (Å²) in [6, 6.07) is -0.574. The summed E-state index contributed by atoms with van der Waals surface area (Å²) in [7, 11) is 0. The van der Waals surface area contributed by atoms with Crippen molar-refractivity contribution in [3.63, 3.8) is 0 Å². The maximum atomic E-state index is 10.8. The summed E-state index contributed by atoms with van der Waals surface area (Å²) in [6.07, 6.45) is 4.68. The second kappa shape index (κ2) is 4.25. The van der Waals surface area contributed by atoms with Crippen LogP contribution in [0, 0.1) is 22.7 Å². The smallest absolute Gasteiger partial charge is 0.332 e. The van der Waals surface area contributed by atoms with Crippen molar-refractivity contribution in [2.45, 2.75) is 53.4 Å². The average molecular weight is 251 g/mol. The van der Waals surface area contributed by atoms with Crippen molar-refractivity contribution in [1.29, 1.82) is 0 Å². The predicted octanol–water partition coefficient (Wildman–Crippen LogP) is 2.88. The van der Waals surface area contributed by atoms with Crippen LogP contribution < -0.4 is 11.2 Å². The van der Waals surface area contributed by atoms with Gasteiger partial charge in [0.2, 0.25) is 0 Å². The Morgan fingerprint density at radius 3 is 2.50 bits per heavy atom. The Hall–Kier alpha value is -1.06. The number of nitrogens with zero attached hydrogens (tertiary/aromatic N) is 1. The maximum Gasteiger partial charge on any atom is 0.332 e. The lowest BCUT2D eigenvalue weighted by atomic mass is 9.71. The molecular weight excluding hydrogens is 226 g/mol. The standard InChI is InChI=1S/C14H25N3O/c1-5-11(16-17-12(15)18)9-8-14(4)7-6-10(9)13(14,2)3/h9-10H,5-8H2,1-4H3,(H3,15,17,18)/b16-11-/t9-,10-,14-/m1/s1. The van der Waals surface area contributed by atoms with Gasteiger partial charge in [-0.05, 0) is 42.4 Å². The fraction of sp³-hybridized carbons (Fsp3) is 0.857. The van der Waals surface area contributed by atoms with Crippen LogP contribution in [0.3, 0.4) is 0 Å². The Kier molecular flexibility index (Phi) is 3.16. The molecule has 0 unspecified atom stereocenters. The van der Waals surface area contributed by atoms with E-state index in [1.807, 2.05) is 0 Å². The van der Waals surface area contributed by atoms with Gasteiger partial charge in [0.25, 0.3) is 0 Å². The second-order valence-electron chi connectivity index (χ2n) is 6.67. The van der Waals surface area contributed by atoms with Crippen LogP contribution in [0.15, 0.2) is 5.10 Å². The van der Waals surface area contributed by atoms with Crippen LogP contribution in [0.2, 0.25) is 0 Å². The van der Waals surface area contributed by atoms with Gasteiger partial charge in [-0.1, -0.05) is 27.7 Å². The highest BCUT2D eigenvalue weighted by atomic mass is 16.2. The van der Waals surface area contributed by atoms with Crippen LogP contribution in [0.25, 0.3) is 0 Å². The molecule has 18 heavy (non-hydrogen) atoms. The zero-order chi connectivity index (χ0) is 13.6. The molecule has 2 fully saturated rings. The van der Waals surface area contributed by atoms with Gasteiger partial charge in [0.1, 0.15) is 0 Å². The summed E-state index contributed by atoms with van der Waals surface area (Å²) in [5.41, 5.74) is 9.40. The van der Waals surface area contributed by atoms with E-state index in [1.165, 1.54) is 19.3 Å². The first-order valence-corrected chi connectivity index (χ1v) is 6.93. The van der Waals surface area contributed by atoms with Gasteiger partial charge in [-0.3, -0.25) is 0 Å². The number of carbonyl (C=O) groups excluding carboxylic acids is 1. The summed E-state index contributed by atoms with van der Waals surface area (Å²) in [5.74, 6) is 1.20. The number of hydrazone groups is 1. The first-order valence-electron chi connectivity index (χ1n) is 6.93. The van der Waals surface area contributed by atoms with Crippen LogP contribution >= 0.6 is 0 Å². The molecule has 0 aliphatic heterocycles. The molecule has 0 aromatic heterocycles. The molecular formula is C14H25N3O. The Balaban J connectivity index is 2.21. The molecule has 2 aliphatic rings. The summed E-state index contributed by atoms with van der Waals surface area (Å²) >= 11 is 0. The number of urea groups is 1. The molecule has 2 saturated carbocycles. The summed E-state index contributed by atoms with van der Waals surface area (Å²) in [6.45, 7) is 9.28. The van der Waals surface area contributed by atoms with Crippen molar-refractivity contribution < 1.29 is 4.79 Å². The molecule has 0 heterocycles. The zero-order valence-electron chi connectivity index (χ0n) is 11.9. The lowest BCUT2D eigenvalue weighted by molar-refractivity contribution is 0.152. The Morgan fingerprint density at radius 1 is 1.44 bits per heavy atom. The maximum absolute atomic E-state index is 10.8. The minimum Gasteiger partial charge on any atom is -0.350 e. The molecule has 0 aromatic rings. The average Bonchev–Trinajstić information content (AvgIpc) is 2.61. The van der Waals surface area contributed by atoms with Gasteiger partial charge in [0.15, 0.2) is 0 Å². The molecule has 2 amide bonds. The number of nitrogens with one attached hydrogen (secondary N) is 1. The predicted molar refractivity (Wildman–Crippen MR) is 73.2 cm³/mol. The van der Waals surface area contributed by atoms with Crippen molar-refractivity contribution in [2.75, 3.05) is 0 Å². The second-order valence-corrected chi connectivity index (χ2v) is 6.67. The van der Waals surface area contributed by atoms with E-state index in [2.05, 4.69) is 38.2 Å². The van der Waals surface area contributed by atoms with Crippen LogP contribution in [0.4, 0.5) is 4.79 Å². The van der Waals surface area contributed by atoms with Crippen molar-refractivity contribution in [3.05, 3.63) is 0 Å². The molecule has 2 rings (SSSR count). The van der Waals surface area contributed by atoms with Gasteiger partial charge in [0.05, 0.1) is 0 Å². The molecule has 0 saturated heterocycles. The molecule has 3 atom stereocenters. The van der Waals surface area contributed by atoms with E-state index in [-0.39, 0.29) is 0 Å². The minimum atomic E-state index is -0.574. The van der Waals surface area contributed by atoms with Crippen LogP contribution in [-0.2, 0) is 0 Å². The van der Waals surface area contributed by atoms with Crippen molar-refractivity contribution in [3.8, 4) is 0 Å². The first kappa shape index (κ1) is 13.4. The Morgan fingerprint density at radius 2 is 2.11 bits per heavy atom. The number of fused-ring (bicyclic) bond motifs is 2. The van der Waals surface area contributed by atoms with Crippen LogP contribution in [0.1, 0.15) is 53.4 Å². The van der Waals surface area contributed by atoms with Gasteiger partial charge < -0.3 is 5.73 Å². The molecule has 4 nitrogen and oxygen atoms in total. The third-order valence-corrected chi connectivity index (χ3v) is 5.75. The molecule has 2 aliphatic carbocycles. The highest BCUT2D eigenvalue weighted by Gasteiger charge is 2.61. The Labute approximate surface area is 109 Å². The molecule has 0 radical (unpaired) electrons. The SMILES string of the molecule is CC/C(=N/NC(N)=O)[C@@H]1C[C@@]2(C)CC[C@H]1C2(C)C. The summed E-state index contributed by atoms with van der Waals surface area (Å²) in [4.78, 5) is 10.8. The monoisotopic (exact) mass is 251 g/mol. The van der Waals surface area contributed by atoms with Crippen molar-refractivity contribution >= 4 is 11.7 Å². The number of rotatable bonds is 3.